The zero-order chi connectivity index (χ0) is 22.7. The zero-order valence-electron chi connectivity index (χ0n) is 18.3. The van der Waals surface area contributed by atoms with Gasteiger partial charge in [-0.3, -0.25) is 19.3 Å². The summed E-state index contributed by atoms with van der Waals surface area (Å²) in [6, 6.07) is 7.32. The molecule has 9 nitrogen and oxygen atoms in total. The first kappa shape index (κ1) is 21.4. The summed E-state index contributed by atoms with van der Waals surface area (Å²) in [5.41, 5.74) is 2.93. The molecule has 0 amide bonds. The Bertz CT molecular complexity index is 1330. The van der Waals surface area contributed by atoms with E-state index in [1.807, 2.05) is 32.0 Å². The van der Waals surface area contributed by atoms with Gasteiger partial charge < -0.3 is 9.72 Å². The molecule has 0 aliphatic rings. The molecule has 0 spiro atoms. The number of Topliss-reactive ketones (excluding diaryl/α,β-unsaturated/α-hetero) is 1. The Morgan fingerprint density at radius 1 is 1.19 bits per heavy atom. The van der Waals surface area contributed by atoms with Gasteiger partial charge in [0.2, 0.25) is 5.88 Å². The van der Waals surface area contributed by atoms with Crippen molar-refractivity contribution in [2.24, 2.45) is 0 Å². The highest BCUT2D eigenvalue weighted by Crippen LogP contribution is 2.28. The maximum absolute atomic E-state index is 12.9. The monoisotopic (exact) mass is 432 g/mol. The van der Waals surface area contributed by atoms with Crippen LogP contribution in [-0.2, 0) is 13.0 Å². The van der Waals surface area contributed by atoms with Gasteiger partial charge in [0.25, 0.3) is 5.56 Å². The van der Waals surface area contributed by atoms with E-state index in [4.69, 9.17) is 9.72 Å². The van der Waals surface area contributed by atoms with E-state index >= 15 is 0 Å². The Morgan fingerprint density at radius 2 is 2.03 bits per heavy atom. The standard InChI is InChI=1S/C23H24N6O3/c1-4-10-32-23-17(11-15(12-25-23)14(3)30)21-26-19-18(5-2)29(28-20(19)22(31)27-21)13-16-8-6-7-9-24-16/h6-9,11-12H,4-5,10,13H2,1-3H3,(H,26,27,31). The molecule has 0 fully saturated rings. The molecule has 0 saturated heterocycles. The van der Waals surface area contributed by atoms with E-state index in [0.717, 1.165) is 17.8 Å². The summed E-state index contributed by atoms with van der Waals surface area (Å²) in [4.78, 5) is 41.0. The van der Waals surface area contributed by atoms with Crippen LogP contribution in [0.4, 0.5) is 0 Å². The van der Waals surface area contributed by atoms with Crippen molar-refractivity contribution < 1.29 is 9.53 Å². The van der Waals surface area contributed by atoms with Gasteiger partial charge in [-0.1, -0.05) is 19.9 Å². The molecule has 0 bridgehead atoms. The number of fused-ring (bicyclic) bond motifs is 1. The molecule has 4 rings (SSSR count). The largest absolute Gasteiger partial charge is 0.477 e. The van der Waals surface area contributed by atoms with E-state index in [-0.39, 0.29) is 22.7 Å². The molecule has 4 aromatic rings. The summed E-state index contributed by atoms with van der Waals surface area (Å²) in [6.45, 7) is 6.32. The fourth-order valence-corrected chi connectivity index (χ4v) is 3.45. The van der Waals surface area contributed by atoms with Crippen molar-refractivity contribution in [3.63, 3.8) is 0 Å². The summed E-state index contributed by atoms with van der Waals surface area (Å²) in [6.07, 6.45) is 4.61. The topological polar surface area (TPSA) is 116 Å². The molecule has 0 unspecified atom stereocenters. The number of carbonyl (C=O) groups excluding carboxylic acids is 1. The number of nitrogens with one attached hydrogen (secondary N) is 1. The van der Waals surface area contributed by atoms with Crippen LogP contribution in [-0.4, -0.2) is 42.1 Å². The summed E-state index contributed by atoms with van der Waals surface area (Å²) in [7, 11) is 0. The highest BCUT2D eigenvalue weighted by molar-refractivity contribution is 5.95. The molecule has 0 aliphatic carbocycles. The lowest BCUT2D eigenvalue weighted by atomic mass is 10.1. The highest BCUT2D eigenvalue weighted by Gasteiger charge is 2.20. The molecule has 4 aromatic heterocycles. The number of rotatable bonds is 8. The summed E-state index contributed by atoms with van der Waals surface area (Å²) in [5, 5.41) is 4.50. The summed E-state index contributed by atoms with van der Waals surface area (Å²) < 4.78 is 7.52. The minimum Gasteiger partial charge on any atom is -0.477 e. The second-order valence-electron chi connectivity index (χ2n) is 7.37. The molecule has 4 heterocycles. The first-order valence-corrected chi connectivity index (χ1v) is 10.6. The molecular weight excluding hydrogens is 408 g/mol. The molecule has 0 aliphatic heterocycles. The number of aromatic amines is 1. The van der Waals surface area contributed by atoms with Gasteiger partial charge in [-0.05, 0) is 38.0 Å². The van der Waals surface area contributed by atoms with Crippen molar-refractivity contribution in [1.82, 2.24) is 29.7 Å². The number of hydrogen-bond acceptors (Lipinski definition) is 7. The van der Waals surface area contributed by atoms with Gasteiger partial charge in [0.1, 0.15) is 11.3 Å². The van der Waals surface area contributed by atoms with Gasteiger partial charge in [-0.15, -0.1) is 0 Å². The maximum atomic E-state index is 12.9. The number of carbonyl (C=O) groups is 1. The lowest BCUT2D eigenvalue weighted by Crippen LogP contribution is -2.11. The van der Waals surface area contributed by atoms with Crippen LogP contribution < -0.4 is 10.3 Å². The van der Waals surface area contributed by atoms with Crippen LogP contribution in [0.15, 0.2) is 41.5 Å². The minimum atomic E-state index is -0.367. The van der Waals surface area contributed by atoms with Crippen LogP contribution in [0.1, 0.15) is 48.9 Å². The fourth-order valence-electron chi connectivity index (χ4n) is 3.45. The second kappa shape index (κ2) is 9.09. The van der Waals surface area contributed by atoms with Gasteiger partial charge >= 0.3 is 0 Å². The number of pyridine rings is 2. The fraction of sp³-hybridized carbons (Fsp3) is 0.304. The predicted octanol–water partition coefficient (Wildman–Crippen LogP) is 3.18. The van der Waals surface area contributed by atoms with E-state index in [1.54, 1.807) is 16.9 Å². The maximum Gasteiger partial charge on any atom is 0.279 e. The molecule has 1 N–H and O–H groups in total. The Balaban J connectivity index is 1.87. The average molecular weight is 432 g/mol. The van der Waals surface area contributed by atoms with Gasteiger partial charge in [0, 0.05) is 18.0 Å². The summed E-state index contributed by atoms with van der Waals surface area (Å²) >= 11 is 0. The Labute approximate surface area is 184 Å². The predicted molar refractivity (Wildman–Crippen MR) is 120 cm³/mol. The van der Waals surface area contributed by atoms with Crippen LogP contribution >= 0.6 is 0 Å². The minimum absolute atomic E-state index is 0.137. The smallest absolute Gasteiger partial charge is 0.279 e. The van der Waals surface area contributed by atoms with Gasteiger partial charge in [0.15, 0.2) is 11.3 Å². The molecule has 0 radical (unpaired) electrons. The SMILES string of the molecule is CCCOc1ncc(C(C)=O)cc1-c1nc2c(CC)n(Cc3ccccn3)nc2c(=O)[nH]1. The first-order valence-electron chi connectivity index (χ1n) is 10.6. The van der Waals surface area contributed by atoms with Crippen LogP contribution in [0.3, 0.4) is 0 Å². The van der Waals surface area contributed by atoms with Gasteiger partial charge in [0.05, 0.1) is 30.1 Å². The molecule has 0 saturated carbocycles. The van der Waals surface area contributed by atoms with E-state index in [2.05, 4.69) is 20.1 Å². The first-order chi connectivity index (χ1) is 15.5. The third-order valence-corrected chi connectivity index (χ3v) is 5.03. The van der Waals surface area contributed by atoms with E-state index < -0.39 is 0 Å². The molecule has 32 heavy (non-hydrogen) atoms. The number of H-pyrrole nitrogens is 1. The normalized spacial score (nSPS) is 11.1. The Morgan fingerprint density at radius 3 is 2.72 bits per heavy atom. The number of aryl methyl sites for hydroxylation is 1. The molecule has 164 valence electrons. The van der Waals surface area contributed by atoms with Crippen molar-refractivity contribution in [2.75, 3.05) is 6.61 Å². The third kappa shape index (κ3) is 4.14. The molecular formula is C23H24N6O3. The summed E-state index contributed by atoms with van der Waals surface area (Å²) in [5.74, 6) is 0.469. The van der Waals surface area contributed by atoms with Crippen LogP contribution in [0.5, 0.6) is 5.88 Å². The average Bonchev–Trinajstić information content (AvgIpc) is 3.15. The number of ether oxygens (including phenoxy) is 1. The number of aromatic nitrogens is 6. The molecule has 9 heteroatoms. The quantitative estimate of drug-likeness (QED) is 0.425. The lowest BCUT2D eigenvalue weighted by molar-refractivity contribution is 0.101. The van der Waals surface area contributed by atoms with Gasteiger partial charge in [-0.2, -0.15) is 5.10 Å². The third-order valence-electron chi connectivity index (χ3n) is 5.03. The number of ketones is 1. The zero-order valence-corrected chi connectivity index (χ0v) is 18.3. The van der Waals surface area contributed by atoms with E-state index in [9.17, 15) is 9.59 Å². The highest BCUT2D eigenvalue weighted by atomic mass is 16.5. The molecule has 0 aromatic carbocycles. The van der Waals surface area contributed by atoms with Crippen LogP contribution in [0.25, 0.3) is 22.4 Å². The molecule has 0 atom stereocenters. The van der Waals surface area contributed by atoms with Crippen molar-refractivity contribution in [1.29, 1.82) is 0 Å². The Kier molecular flexibility index (Phi) is 6.07. The van der Waals surface area contributed by atoms with Crippen molar-refractivity contribution in [3.05, 3.63) is 64.0 Å². The van der Waals surface area contributed by atoms with E-state index in [0.29, 0.717) is 42.1 Å². The van der Waals surface area contributed by atoms with Crippen molar-refractivity contribution in [3.8, 4) is 17.3 Å². The van der Waals surface area contributed by atoms with E-state index in [1.165, 1.54) is 13.1 Å². The number of hydrogen-bond donors (Lipinski definition) is 1. The number of nitrogens with zero attached hydrogens (tertiary/aromatic N) is 5. The van der Waals surface area contributed by atoms with Gasteiger partial charge in [-0.25, -0.2) is 9.97 Å². The van der Waals surface area contributed by atoms with Crippen LogP contribution in [0, 0.1) is 0 Å². The second-order valence-corrected chi connectivity index (χ2v) is 7.37. The van der Waals surface area contributed by atoms with Crippen LogP contribution in [0.2, 0.25) is 0 Å². The Hall–Kier alpha value is -3.88. The van der Waals surface area contributed by atoms with Crippen molar-refractivity contribution >= 4 is 16.8 Å². The van der Waals surface area contributed by atoms with Crippen molar-refractivity contribution in [2.45, 2.75) is 40.2 Å². The lowest BCUT2D eigenvalue weighted by Gasteiger charge is -2.10.